The van der Waals surface area contributed by atoms with E-state index in [9.17, 15) is 9.59 Å². The van der Waals surface area contributed by atoms with Gasteiger partial charge in [-0.25, -0.2) is 4.98 Å². The van der Waals surface area contributed by atoms with Crippen LogP contribution in [0.3, 0.4) is 0 Å². The van der Waals surface area contributed by atoms with Gasteiger partial charge in [-0.3, -0.25) is 9.36 Å². The molecule has 0 atom stereocenters. The molecule has 6 nitrogen and oxygen atoms in total. The maximum Gasteiger partial charge on any atom is 0.318 e. The number of aromatic nitrogens is 3. The lowest BCUT2D eigenvalue weighted by Crippen LogP contribution is -2.20. The molecule has 0 bridgehead atoms. The summed E-state index contributed by atoms with van der Waals surface area (Å²) in [6.45, 7) is 0.305. The lowest BCUT2D eigenvalue weighted by Gasteiger charge is -2.07. The first-order chi connectivity index (χ1) is 8.26. The Balaban J connectivity index is 2.64. The first-order valence-corrected chi connectivity index (χ1v) is 5.10. The Kier molecular flexibility index (Phi) is 3.13. The van der Waals surface area contributed by atoms with Crippen LogP contribution in [0.1, 0.15) is 6.42 Å². The monoisotopic (exact) mass is 233 g/mol. The summed E-state index contributed by atoms with van der Waals surface area (Å²) in [6, 6.07) is 3.28. The molecule has 0 aliphatic heterocycles. The molecule has 0 unspecified atom stereocenters. The van der Waals surface area contributed by atoms with Crippen LogP contribution in [0, 0.1) is 0 Å². The number of ether oxygens (including phenoxy) is 1. The summed E-state index contributed by atoms with van der Waals surface area (Å²) in [5.74, 6) is 0. The highest BCUT2D eigenvalue weighted by Gasteiger charge is 2.06. The number of pyridine rings is 1. The van der Waals surface area contributed by atoms with Crippen molar-refractivity contribution in [2.24, 2.45) is 0 Å². The second kappa shape index (κ2) is 4.73. The van der Waals surface area contributed by atoms with E-state index >= 15 is 0 Å². The zero-order chi connectivity index (χ0) is 12.3. The van der Waals surface area contributed by atoms with Crippen LogP contribution in [-0.2, 0) is 11.3 Å². The Morgan fingerprint density at radius 3 is 3.00 bits per heavy atom. The van der Waals surface area contributed by atoms with Crippen molar-refractivity contribution < 1.29 is 9.53 Å². The molecule has 0 aliphatic rings. The zero-order valence-electron chi connectivity index (χ0n) is 9.29. The van der Waals surface area contributed by atoms with Crippen LogP contribution in [0.2, 0.25) is 0 Å². The van der Waals surface area contributed by atoms with Gasteiger partial charge in [0.1, 0.15) is 11.9 Å². The van der Waals surface area contributed by atoms with Crippen LogP contribution in [0.25, 0.3) is 11.0 Å². The van der Waals surface area contributed by atoms with Gasteiger partial charge in [0.2, 0.25) is 0 Å². The molecule has 0 saturated carbocycles. The highest BCUT2D eigenvalue weighted by Crippen LogP contribution is 2.11. The van der Waals surface area contributed by atoms with Crippen LogP contribution < -0.4 is 10.3 Å². The minimum atomic E-state index is -0.194. The summed E-state index contributed by atoms with van der Waals surface area (Å²) in [4.78, 5) is 30.1. The maximum absolute atomic E-state index is 11.7. The molecule has 0 fully saturated rings. The van der Waals surface area contributed by atoms with Gasteiger partial charge >= 0.3 is 6.01 Å². The molecule has 17 heavy (non-hydrogen) atoms. The van der Waals surface area contributed by atoms with Gasteiger partial charge < -0.3 is 9.53 Å². The third-order valence-corrected chi connectivity index (χ3v) is 2.35. The van der Waals surface area contributed by atoms with E-state index in [2.05, 4.69) is 9.97 Å². The Morgan fingerprint density at radius 1 is 1.47 bits per heavy atom. The van der Waals surface area contributed by atoms with E-state index in [1.54, 1.807) is 12.3 Å². The normalized spacial score (nSPS) is 10.4. The molecule has 0 radical (unpaired) electrons. The van der Waals surface area contributed by atoms with E-state index in [1.807, 2.05) is 0 Å². The summed E-state index contributed by atoms with van der Waals surface area (Å²) in [7, 11) is 1.46. The first-order valence-electron chi connectivity index (χ1n) is 5.10. The quantitative estimate of drug-likeness (QED) is 0.714. The molecule has 2 rings (SSSR count). The Bertz CT molecular complexity index is 606. The number of rotatable bonds is 4. The summed E-state index contributed by atoms with van der Waals surface area (Å²) < 4.78 is 6.35. The molecule has 0 N–H and O–H groups in total. The van der Waals surface area contributed by atoms with Crippen molar-refractivity contribution >= 4 is 17.3 Å². The molecule has 88 valence electrons. The maximum atomic E-state index is 11.7. The number of aryl methyl sites for hydroxylation is 1. The van der Waals surface area contributed by atoms with E-state index in [4.69, 9.17) is 4.74 Å². The summed E-state index contributed by atoms with van der Waals surface area (Å²) in [6.07, 6.45) is 2.62. The van der Waals surface area contributed by atoms with Gasteiger partial charge in [-0.2, -0.15) is 4.98 Å². The van der Waals surface area contributed by atoms with Gasteiger partial charge in [0.25, 0.3) is 5.56 Å². The van der Waals surface area contributed by atoms with Crippen molar-refractivity contribution in [3.8, 4) is 6.01 Å². The number of carbonyl (C=O) groups is 1. The smallest absolute Gasteiger partial charge is 0.318 e. The van der Waals surface area contributed by atoms with Crippen LogP contribution in [0.15, 0.2) is 23.1 Å². The zero-order valence-corrected chi connectivity index (χ0v) is 9.29. The van der Waals surface area contributed by atoms with E-state index < -0.39 is 0 Å². The molecule has 2 aromatic heterocycles. The standard InChI is InChI=1S/C11H11N3O3/c1-17-11-12-7-8-3-4-9(16)14(5-2-6-15)10(8)13-11/h3-4,6-7H,2,5H2,1H3. The first kappa shape index (κ1) is 11.3. The highest BCUT2D eigenvalue weighted by atomic mass is 16.5. The summed E-state index contributed by atoms with van der Waals surface area (Å²) in [5.41, 5.74) is 0.284. The Labute approximate surface area is 96.9 Å². The van der Waals surface area contributed by atoms with Gasteiger partial charge in [0.15, 0.2) is 0 Å². The number of hydrogen-bond acceptors (Lipinski definition) is 5. The predicted molar refractivity (Wildman–Crippen MR) is 61.0 cm³/mol. The fraction of sp³-hybridized carbons (Fsp3) is 0.273. The number of carbonyl (C=O) groups excluding carboxylic acids is 1. The minimum Gasteiger partial charge on any atom is -0.467 e. The van der Waals surface area contributed by atoms with E-state index in [0.29, 0.717) is 12.2 Å². The molecule has 0 aromatic carbocycles. The van der Waals surface area contributed by atoms with Crippen molar-refractivity contribution in [1.82, 2.24) is 14.5 Å². The van der Waals surface area contributed by atoms with Crippen molar-refractivity contribution in [3.05, 3.63) is 28.7 Å². The summed E-state index contributed by atoms with van der Waals surface area (Å²) in [5, 5.41) is 0.733. The van der Waals surface area contributed by atoms with Gasteiger partial charge in [-0.05, 0) is 6.07 Å². The van der Waals surface area contributed by atoms with E-state index in [1.165, 1.54) is 17.7 Å². The molecule has 6 heteroatoms. The number of aldehydes is 1. The second-order valence-electron chi connectivity index (χ2n) is 3.41. The van der Waals surface area contributed by atoms with Crippen LogP contribution >= 0.6 is 0 Å². The van der Waals surface area contributed by atoms with Gasteiger partial charge in [0.05, 0.1) is 7.11 Å². The number of hydrogen-bond donors (Lipinski definition) is 0. The lowest BCUT2D eigenvalue weighted by molar-refractivity contribution is -0.108. The average molecular weight is 233 g/mol. The van der Waals surface area contributed by atoms with Gasteiger partial charge in [0, 0.05) is 30.6 Å². The molecule has 2 heterocycles. The fourth-order valence-corrected chi connectivity index (χ4v) is 1.55. The molecule has 2 aromatic rings. The van der Waals surface area contributed by atoms with Gasteiger partial charge in [-0.1, -0.05) is 0 Å². The molecule has 0 amide bonds. The highest BCUT2D eigenvalue weighted by molar-refractivity contribution is 5.74. The van der Waals surface area contributed by atoms with E-state index in [-0.39, 0.29) is 18.0 Å². The molecular formula is C11H11N3O3. The fourth-order valence-electron chi connectivity index (χ4n) is 1.55. The van der Waals surface area contributed by atoms with Crippen molar-refractivity contribution in [2.45, 2.75) is 13.0 Å². The molecule has 0 saturated heterocycles. The van der Waals surface area contributed by atoms with Crippen molar-refractivity contribution in [2.75, 3.05) is 7.11 Å². The topological polar surface area (TPSA) is 74.1 Å². The van der Waals surface area contributed by atoms with Crippen molar-refractivity contribution in [1.29, 1.82) is 0 Å². The van der Waals surface area contributed by atoms with Crippen LogP contribution in [-0.4, -0.2) is 27.9 Å². The van der Waals surface area contributed by atoms with Crippen LogP contribution in [0.5, 0.6) is 6.01 Å². The van der Waals surface area contributed by atoms with Crippen molar-refractivity contribution in [3.63, 3.8) is 0 Å². The second-order valence-corrected chi connectivity index (χ2v) is 3.41. The number of fused-ring (bicyclic) bond motifs is 1. The molecule has 0 aliphatic carbocycles. The summed E-state index contributed by atoms with van der Waals surface area (Å²) >= 11 is 0. The lowest BCUT2D eigenvalue weighted by atomic mass is 10.3. The molecule has 0 spiro atoms. The number of methoxy groups -OCH3 is 1. The SMILES string of the molecule is COc1ncc2ccc(=O)n(CCC=O)c2n1. The Hall–Kier alpha value is -2.24. The Morgan fingerprint density at radius 2 is 2.29 bits per heavy atom. The third-order valence-electron chi connectivity index (χ3n) is 2.35. The van der Waals surface area contributed by atoms with E-state index in [0.717, 1.165) is 11.7 Å². The molecular weight excluding hydrogens is 222 g/mol. The minimum absolute atomic E-state index is 0.194. The van der Waals surface area contributed by atoms with Crippen LogP contribution in [0.4, 0.5) is 0 Å². The van der Waals surface area contributed by atoms with Gasteiger partial charge in [-0.15, -0.1) is 0 Å². The average Bonchev–Trinajstić information content (AvgIpc) is 2.37. The third kappa shape index (κ3) is 2.15. The largest absolute Gasteiger partial charge is 0.467 e. The predicted octanol–water partition coefficient (Wildman–Crippen LogP) is 0.389. The number of nitrogens with zero attached hydrogens (tertiary/aromatic N) is 3.